The van der Waals surface area contributed by atoms with E-state index in [-0.39, 0.29) is 0 Å². The molecule has 0 spiro atoms. The van der Waals surface area contributed by atoms with Crippen LogP contribution in [0.5, 0.6) is 0 Å². The topological polar surface area (TPSA) is 22.2 Å². The van der Waals surface area contributed by atoms with Crippen LogP contribution in [0.3, 0.4) is 0 Å². The number of hydrogen-bond donors (Lipinski definition) is 0. The Hall–Kier alpha value is -4.63. The maximum atomic E-state index is 4.17. The molecule has 0 bridgehead atoms. The fourth-order valence-electron chi connectivity index (χ4n) is 4.66. The Kier molecular flexibility index (Phi) is 4.93. The van der Waals surface area contributed by atoms with Crippen LogP contribution in [-0.4, -0.2) is 15.3 Å². The minimum Gasteiger partial charge on any atom is -0.316 e. The number of hydrogen-bond acceptors (Lipinski definition) is 1. The summed E-state index contributed by atoms with van der Waals surface area (Å²) < 4.78 is 4.62. The van der Waals surface area contributed by atoms with E-state index in [0.717, 1.165) is 16.9 Å². The van der Waals surface area contributed by atoms with Crippen LogP contribution >= 0.6 is 0 Å². The molecule has 0 saturated carbocycles. The summed E-state index contributed by atoms with van der Waals surface area (Å²) in [5.41, 5.74) is 7.00. The highest BCUT2D eigenvalue weighted by atomic mass is 15.0. The molecule has 2 heterocycles. The number of nitrogens with zero attached hydrogens (tertiary/aromatic N) is 3. The third-order valence-electron chi connectivity index (χ3n) is 6.21. The van der Waals surface area contributed by atoms with Crippen molar-refractivity contribution in [1.29, 1.82) is 0 Å². The average molecular weight is 438 g/mol. The molecular formula is C31H23N3. The molecule has 0 aliphatic carbocycles. The van der Waals surface area contributed by atoms with Gasteiger partial charge in [-0.15, -0.1) is 0 Å². The monoisotopic (exact) mass is 437 g/mol. The van der Waals surface area contributed by atoms with Crippen LogP contribution in [0.15, 0.2) is 127 Å². The minimum atomic E-state index is 1.10. The van der Waals surface area contributed by atoms with E-state index in [0.29, 0.717) is 0 Å². The summed E-state index contributed by atoms with van der Waals surface area (Å²) in [7, 11) is 0. The van der Waals surface area contributed by atoms with Crippen molar-refractivity contribution in [3.05, 3.63) is 128 Å². The number of aromatic nitrogens is 2. The zero-order valence-corrected chi connectivity index (χ0v) is 18.7. The van der Waals surface area contributed by atoms with Crippen molar-refractivity contribution >= 4 is 45.0 Å². The standard InChI is InChI=1S/C31H23N3/c1-2-18-32-19-16-23-12-14-26(15-13-23)34-29-11-7-6-10-27(29)28-21-24-17-20-33(30(24)22-31(28)34)25-8-4-3-5-9-25/h2-22H,1H2. The van der Waals surface area contributed by atoms with Gasteiger partial charge in [0.15, 0.2) is 0 Å². The van der Waals surface area contributed by atoms with Gasteiger partial charge in [0.05, 0.1) is 16.6 Å². The molecule has 0 fully saturated rings. The van der Waals surface area contributed by atoms with Gasteiger partial charge in [-0.1, -0.05) is 61.2 Å². The van der Waals surface area contributed by atoms with Gasteiger partial charge in [-0.25, -0.2) is 0 Å². The van der Waals surface area contributed by atoms with Gasteiger partial charge < -0.3 is 9.13 Å². The van der Waals surface area contributed by atoms with Crippen molar-refractivity contribution < 1.29 is 0 Å². The third kappa shape index (κ3) is 3.35. The molecule has 3 nitrogen and oxygen atoms in total. The van der Waals surface area contributed by atoms with Gasteiger partial charge in [-0.3, -0.25) is 4.99 Å². The molecule has 0 atom stereocenters. The lowest BCUT2D eigenvalue weighted by atomic mass is 10.1. The van der Waals surface area contributed by atoms with E-state index >= 15 is 0 Å². The number of rotatable bonds is 5. The predicted molar refractivity (Wildman–Crippen MR) is 145 cm³/mol. The second-order valence-electron chi connectivity index (χ2n) is 8.24. The highest BCUT2D eigenvalue weighted by molar-refractivity contribution is 6.13. The van der Waals surface area contributed by atoms with Crippen LogP contribution in [0.2, 0.25) is 0 Å². The van der Waals surface area contributed by atoms with E-state index in [9.17, 15) is 0 Å². The molecule has 0 amide bonds. The van der Waals surface area contributed by atoms with Crippen molar-refractivity contribution in [3.63, 3.8) is 0 Å². The van der Waals surface area contributed by atoms with E-state index in [1.54, 1.807) is 18.5 Å². The van der Waals surface area contributed by atoms with Crippen molar-refractivity contribution in [2.24, 2.45) is 4.99 Å². The fourth-order valence-corrected chi connectivity index (χ4v) is 4.66. The highest BCUT2D eigenvalue weighted by Gasteiger charge is 2.14. The van der Waals surface area contributed by atoms with Gasteiger partial charge in [-0.05, 0) is 60.2 Å². The molecule has 3 heteroatoms. The summed E-state index contributed by atoms with van der Waals surface area (Å²) in [6.07, 6.45) is 9.27. The lowest BCUT2D eigenvalue weighted by Crippen LogP contribution is -1.95. The van der Waals surface area contributed by atoms with Crippen molar-refractivity contribution in [3.8, 4) is 11.4 Å². The van der Waals surface area contributed by atoms with Crippen molar-refractivity contribution in [1.82, 2.24) is 9.13 Å². The normalized spacial score (nSPS) is 12.0. The number of aliphatic imine (C=N–C) groups is 1. The number of benzene rings is 4. The van der Waals surface area contributed by atoms with E-state index in [1.165, 1.54) is 32.7 Å². The molecule has 0 radical (unpaired) electrons. The quantitative estimate of drug-likeness (QED) is 0.244. The summed E-state index contributed by atoms with van der Waals surface area (Å²) in [5, 5.41) is 3.76. The lowest BCUT2D eigenvalue weighted by molar-refractivity contribution is 1.12. The van der Waals surface area contributed by atoms with Crippen molar-refractivity contribution in [2.45, 2.75) is 0 Å². The van der Waals surface area contributed by atoms with E-state index in [2.05, 4.69) is 124 Å². The summed E-state index contributed by atoms with van der Waals surface area (Å²) in [4.78, 5) is 4.17. The predicted octanol–water partition coefficient (Wildman–Crippen LogP) is 7.96. The molecule has 0 aliphatic heterocycles. The maximum Gasteiger partial charge on any atom is 0.0562 e. The summed E-state index contributed by atoms with van der Waals surface area (Å²) in [6, 6.07) is 34.5. The first-order valence-electron chi connectivity index (χ1n) is 11.3. The zero-order valence-electron chi connectivity index (χ0n) is 18.7. The Morgan fingerprint density at radius 3 is 2.29 bits per heavy atom. The van der Waals surface area contributed by atoms with Gasteiger partial charge in [0.1, 0.15) is 0 Å². The van der Waals surface area contributed by atoms with Crippen molar-refractivity contribution in [2.75, 3.05) is 0 Å². The molecule has 162 valence electrons. The second-order valence-corrected chi connectivity index (χ2v) is 8.24. The fraction of sp³-hybridized carbons (Fsp3) is 0. The van der Waals surface area contributed by atoms with Gasteiger partial charge >= 0.3 is 0 Å². The largest absolute Gasteiger partial charge is 0.316 e. The molecular weight excluding hydrogens is 414 g/mol. The van der Waals surface area contributed by atoms with Crippen LogP contribution < -0.4 is 0 Å². The van der Waals surface area contributed by atoms with Crippen LogP contribution in [0.1, 0.15) is 5.56 Å². The molecule has 4 aromatic carbocycles. The summed E-state index contributed by atoms with van der Waals surface area (Å²) in [5.74, 6) is 0. The third-order valence-corrected chi connectivity index (χ3v) is 6.21. The molecule has 0 N–H and O–H groups in total. The Morgan fingerprint density at radius 1 is 0.676 bits per heavy atom. The van der Waals surface area contributed by atoms with E-state index in [4.69, 9.17) is 0 Å². The maximum absolute atomic E-state index is 4.17. The van der Waals surface area contributed by atoms with Crippen LogP contribution in [0.4, 0.5) is 0 Å². The summed E-state index contributed by atoms with van der Waals surface area (Å²) in [6.45, 7) is 3.65. The lowest BCUT2D eigenvalue weighted by Gasteiger charge is -2.10. The smallest absolute Gasteiger partial charge is 0.0562 e. The van der Waals surface area contributed by atoms with Gasteiger partial charge in [0.25, 0.3) is 0 Å². The van der Waals surface area contributed by atoms with Gasteiger partial charge in [0, 0.05) is 46.1 Å². The molecule has 6 rings (SSSR count). The Bertz CT molecular complexity index is 1690. The molecule has 0 aliphatic rings. The Morgan fingerprint density at radius 2 is 1.47 bits per heavy atom. The molecule has 2 aromatic heterocycles. The minimum absolute atomic E-state index is 1.10. The second kappa shape index (κ2) is 8.38. The zero-order chi connectivity index (χ0) is 22.9. The highest BCUT2D eigenvalue weighted by Crippen LogP contribution is 2.35. The van der Waals surface area contributed by atoms with Crippen LogP contribution in [0, 0.1) is 0 Å². The average Bonchev–Trinajstić information content (AvgIpc) is 3.45. The molecule has 0 saturated heterocycles. The Labute approximate surface area is 198 Å². The van der Waals surface area contributed by atoms with Gasteiger partial charge in [-0.2, -0.15) is 0 Å². The van der Waals surface area contributed by atoms with E-state index < -0.39 is 0 Å². The first-order chi connectivity index (χ1) is 16.8. The Balaban J connectivity index is 1.56. The molecule has 34 heavy (non-hydrogen) atoms. The van der Waals surface area contributed by atoms with Gasteiger partial charge in [0.2, 0.25) is 0 Å². The SMILES string of the molecule is C=CC=NC=Cc1ccc(-n2c3ccccc3c3cc4ccn(-c5ccccc5)c4cc32)cc1. The van der Waals surface area contributed by atoms with Crippen LogP contribution in [-0.2, 0) is 0 Å². The number of fused-ring (bicyclic) bond motifs is 4. The number of allylic oxidation sites excluding steroid dienone is 1. The number of para-hydroxylation sites is 2. The van der Waals surface area contributed by atoms with E-state index in [1.807, 2.05) is 6.08 Å². The van der Waals surface area contributed by atoms with Crippen LogP contribution in [0.25, 0.3) is 50.2 Å². The first-order valence-corrected chi connectivity index (χ1v) is 11.3. The molecule has 6 aromatic rings. The molecule has 0 unspecified atom stereocenters. The summed E-state index contributed by atoms with van der Waals surface area (Å²) >= 11 is 0. The first kappa shape index (κ1) is 20.0.